The van der Waals surface area contributed by atoms with E-state index in [-0.39, 0.29) is 6.03 Å². The van der Waals surface area contributed by atoms with Gasteiger partial charge in [-0.3, -0.25) is 5.32 Å². The highest BCUT2D eigenvalue weighted by Crippen LogP contribution is 2.20. The molecule has 5 heteroatoms. The van der Waals surface area contributed by atoms with Crippen molar-refractivity contribution in [2.45, 2.75) is 19.3 Å². The van der Waals surface area contributed by atoms with Gasteiger partial charge in [0.25, 0.3) is 0 Å². The van der Waals surface area contributed by atoms with E-state index >= 15 is 0 Å². The Hall–Kier alpha value is -0.650. The summed E-state index contributed by atoms with van der Waals surface area (Å²) in [6.45, 7) is 4.39. The number of rotatable bonds is 1. The molecule has 1 atom stereocenters. The van der Waals surface area contributed by atoms with Gasteiger partial charge in [0.1, 0.15) is 6.54 Å². The normalized spacial score (nSPS) is 34.6. The van der Waals surface area contributed by atoms with E-state index in [9.17, 15) is 4.79 Å². The zero-order valence-electron chi connectivity index (χ0n) is 8.54. The van der Waals surface area contributed by atoms with Crippen molar-refractivity contribution in [1.29, 1.82) is 0 Å². The second kappa shape index (κ2) is 3.84. The fourth-order valence-electron chi connectivity index (χ4n) is 2.44. The maximum atomic E-state index is 11.5. The quantitative estimate of drug-likeness (QED) is 0.577. The third-order valence-corrected chi connectivity index (χ3v) is 3.32. The molecule has 2 rings (SSSR count). The maximum absolute atomic E-state index is 11.5. The predicted molar refractivity (Wildman–Crippen MR) is 53.0 cm³/mol. The third-order valence-electron chi connectivity index (χ3n) is 3.32. The van der Waals surface area contributed by atoms with Crippen molar-refractivity contribution in [2.75, 3.05) is 32.8 Å². The Kier molecular flexibility index (Phi) is 2.71. The molecule has 2 aliphatic rings. The Labute approximate surface area is 84.4 Å². The van der Waals surface area contributed by atoms with E-state index in [0.29, 0.717) is 11.3 Å². The number of hydrogen-bond donors (Lipinski definition) is 2. The van der Waals surface area contributed by atoms with Crippen molar-refractivity contribution in [3.8, 4) is 0 Å². The Morgan fingerprint density at radius 3 is 2.50 bits per heavy atom. The van der Waals surface area contributed by atoms with Crippen molar-refractivity contribution in [2.24, 2.45) is 5.73 Å². The first-order valence-corrected chi connectivity index (χ1v) is 5.39. The number of carbonyl (C=O) groups excluding carboxylic acids is 1. The minimum absolute atomic E-state index is 0.211. The first kappa shape index (κ1) is 9.89. The van der Waals surface area contributed by atoms with Crippen molar-refractivity contribution in [3.63, 3.8) is 0 Å². The SMILES string of the molecule is NC(=O)[N+]1(N2CCCCC2)CCNC1. The summed E-state index contributed by atoms with van der Waals surface area (Å²) >= 11 is 0. The van der Waals surface area contributed by atoms with Crippen LogP contribution in [0.5, 0.6) is 0 Å². The standard InChI is InChI=1S/C9H18N4O/c10-9(14)13(7-4-11-8-13)12-5-2-1-3-6-12/h11H,1-8H2,(H-,10,14)/p+1. The molecule has 1 unspecified atom stereocenters. The molecule has 2 fully saturated rings. The lowest BCUT2D eigenvalue weighted by Crippen LogP contribution is -2.65. The number of carbonyl (C=O) groups is 1. The van der Waals surface area contributed by atoms with Gasteiger partial charge in [0.15, 0.2) is 6.67 Å². The molecular weight excluding hydrogens is 180 g/mol. The number of quaternary nitrogens is 1. The number of primary amides is 1. The zero-order valence-corrected chi connectivity index (χ0v) is 8.54. The van der Waals surface area contributed by atoms with Gasteiger partial charge < -0.3 is 5.73 Å². The summed E-state index contributed by atoms with van der Waals surface area (Å²) in [5, 5.41) is 5.45. The molecule has 14 heavy (non-hydrogen) atoms. The van der Waals surface area contributed by atoms with Crippen LogP contribution >= 0.6 is 0 Å². The number of urea groups is 1. The summed E-state index contributed by atoms with van der Waals surface area (Å²) in [4.78, 5) is 11.5. The van der Waals surface area contributed by atoms with Crippen molar-refractivity contribution in [3.05, 3.63) is 0 Å². The first-order valence-electron chi connectivity index (χ1n) is 5.39. The molecule has 0 aromatic heterocycles. The molecule has 0 spiro atoms. The van der Waals surface area contributed by atoms with Crippen LogP contribution in [0, 0.1) is 0 Å². The van der Waals surface area contributed by atoms with Crippen LogP contribution in [0.25, 0.3) is 0 Å². The number of amides is 2. The minimum atomic E-state index is -0.211. The number of nitrogens with zero attached hydrogens (tertiary/aromatic N) is 2. The van der Waals surface area contributed by atoms with Crippen LogP contribution in [0.2, 0.25) is 0 Å². The predicted octanol–water partition coefficient (Wildman–Crippen LogP) is -0.156. The van der Waals surface area contributed by atoms with Gasteiger partial charge in [0.2, 0.25) is 0 Å². The number of nitrogens with one attached hydrogen (secondary N) is 1. The third kappa shape index (κ3) is 1.51. The van der Waals surface area contributed by atoms with Gasteiger partial charge in [0, 0.05) is 13.1 Å². The monoisotopic (exact) mass is 199 g/mol. The Bertz CT molecular complexity index is 219. The molecule has 3 N–H and O–H groups in total. The fourth-order valence-corrected chi connectivity index (χ4v) is 2.44. The lowest BCUT2D eigenvalue weighted by molar-refractivity contribution is -0.956. The summed E-state index contributed by atoms with van der Waals surface area (Å²) in [5.41, 5.74) is 5.52. The molecule has 2 saturated heterocycles. The highest BCUT2D eigenvalue weighted by molar-refractivity contribution is 5.64. The van der Waals surface area contributed by atoms with Gasteiger partial charge in [-0.15, -0.1) is 9.60 Å². The van der Waals surface area contributed by atoms with Crippen LogP contribution in [-0.2, 0) is 0 Å². The second-order valence-electron chi connectivity index (χ2n) is 4.16. The van der Waals surface area contributed by atoms with E-state index in [1.54, 1.807) is 0 Å². The van der Waals surface area contributed by atoms with Crippen LogP contribution < -0.4 is 11.1 Å². The molecule has 0 aliphatic carbocycles. The smallest absolute Gasteiger partial charge is 0.317 e. The topological polar surface area (TPSA) is 58.4 Å². The first-order chi connectivity index (χ1) is 6.76. The van der Waals surface area contributed by atoms with E-state index in [1.807, 2.05) is 0 Å². The van der Waals surface area contributed by atoms with Crippen LogP contribution in [0.3, 0.4) is 0 Å². The van der Waals surface area contributed by atoms with Gasteiger partial charge in [-0.05, 0) is 12.8 Å². The van der Waals surface area contributed by atoms with Crippen LogP contribution in [-0.4, -0.2) is 48.5 Å². The van der Waals surface area contributed by atoms with Crippen molar-refractivity contribution in [1.82, 2.24) is 10.3 Å². The van der Waals surface area contributed by atoms with E-state index in [1.165, 1.54) is 19.3 Å². The average molecular weight is 199 g/mol. The van der Waals surface area contributed by atoms with Crippen LogP contribution in [0.1, 0.15) is 19.3 Å². The molecule has 0 saturated carbocycles. The van der Waals surface area contributed by atoms with Gasteiger partial charge in [-0.2, -0.15) is 0 Å². The number of hydrogen-bond acceptors (Lipinski definition) is 3. The van der Waals surface area contributed by atoms with E-state index in [2.05, 4.69) is 10.3 Å². The molecule has 0 aromatic carbocycles. The maximum Gasteiger partial charge on any atom is 0.434 e. The minimum Gasteiger partial charge on any atom is -0.317 e. The van der Waals surface area contributed by atoms with Gasteiger partial charge >= 0.3 is 6.03 Å². The molecule has 80 valence electrons. The summed E-state index contributed by atoms with van der Waals surface area (Å²) in [7, 11) is 0. The lowest BCUT2D eigenvalue weighted by atomic mass is 10.1. The van der Waals surface area contributed by atoms with Gasteiger partial charge in [-0.1, -0.05) is 6.42 Å². The number of piperidine rings is 1. The van der Waals surface area contributed by atoms with Gasteiger partial charge in [-0.25, -0.2) is 4.79 Å². The lowest BCUT2D eigenvalue weighted by Gasteiger charge is -2.40. The molecule has 5 nitrogen and oxygen atoms in total. The highest BCUT2D eigenvalue weighted by atomic mass is 16.2. The Morgan fingerprint density at radius 2 is 2.00 bits per heavy atom. The average Bonchev–Trinajstić information content (AvgIpc) is 2.69. The fraction of sp³-hybridized carbons (Fsp3) is 0.889. The molecule has 2 aliphatic heterocycles. The molecule has 0 aromatic rings. The zero-order chi connectivity index (χ0) is 10.0. The number of nitrogens with two attached hydrogens (primary N) is 1. The van der Waals surface area contributed by atoms with Crippen molar-refractivity contribution < 1.29 is 9.39 Å². The van der Waals surface area contributed by atoms with Crippen LogP contribution in [0.15, 0.2) is 0 Å². The summed E-state index contributed by atoms with van der Waals surface area (Å²) < 4.78 is 0.333. The van der Waals surface area contributed by atoms with Crippen molar-refractivity contribution >= 4 is 6.03 Å². The van der Waals surface area contributed by atoms with Gasteiger partial charge in [0.05, 0.1) is 6.54 Å². The molecule has 2 heterocycles. The molecule has 0 bridgehead atoms. The van der Waals surface area contributed by atoms with Crippen LogP contribution in [0.4, 0.5) is 4.79 Å². The molecule has 2 amide bonds. The van der Waals surface area contributed by atoms with E-state index < -0.39 is 0 Å². The van der Waals surface area contributed by atoms with E-state index in [4.69, 9.17) is 5.73 Å². The highest BCUT2D eigenvalue weighted by Gasteiger charge is 2.45. The summed E-state index contributed by atoms with van der Waals surface area (Å²) in [6, 6.07) is -0.211. The Morgan fingerprint density at radius 1 is 1.29 bits per heavy atom. The van der Waals surface area contributed by atoms with E-state index in [0.717, 1.165) is 26.2 Å². The Balaban J connectivity index is 2.12. The molecular formula is C9H19N4O+. The largest absolute Gasteiger partial charge is 0.434 e. The molecule has 0 radical (unpaired) electrons. The second-order valence-corrected chi connectivity index (χ2v) is 4.16. The summed E-state index contributed by atoms with van der Waals surface area (Å²) in [5.74, 6) is 0. The summed E-state index contributed by atoms with van der Waals surface area (Å²) in [6.07, 6.45) is 3.66.